The molecular formula is C24H26N2O4S. The van der Waals surface area contributed by atoms with Crippen LogP contribution in [0, 0.1) is 20.8 Å². The summed E-state index contributed by atoms with van der Waals surface area (Å²) in [6, 6.07) is 19.0. The molecule has 2 N–H and O–H groups in total. The van der Waals surface area contributed by atoms with Gasteiger partial charge in [-0.05, 0) is 86.8 Å². The molecule has 0 aromatic heterocycles. The molecule has 3 aromatic carbocycles. The van der Waals surface area contributed by atoms with E-state index in [-0.39, 0.29) is 10.8 Å². The fraction of sp³-hybridized carbons (Fsp3) is 0.208. The summed E-state index contributed by atoms with van der Waals surface area (Å²) in [6.45, 7) is 7.35. The summed E-state index contributed by atoms with van der Waals surface area (Å²) in [5.41, 5.74) is 3.86. The molecule has 31 heavy (non-hydrogen) atoms. The lowest BCUT2D eigenvalue weighted by Crippen LogP contribution is -2.30. The average Bonchev–Trinajstić information content (AvgIpc) is 2.71. The van der Waals surface area contributed by atoms with Crippen LogP contribution in [-0.2, 0) is 14.8 Å². The first kappa shape index (κ1) is 22.4. The molecule has 0 spiro atoms. The Labute approximate surface area is 183 Å². The standard InChI is InChI=1S/C24H26N2O4S/c1-16-6-5-7-21(14-16)30-19(4)24(27)25-20-10-12-22(13-11-20)31(28,29)26-23-15-17(2)8-9-18(23)3/h5-15,19,26H,1-4H3,(H,25,27)/t19-/m1/s1. The van der Waals surface area contributed by atoms with Gasteiger partial charge in [0, 0.05) is 5.69 Å². The maximum absolute atomic E-state index is 12.7. The van der Waals surface area contributed by atoms with Gasteiger partial charge in [-0.2, -0.15) is 0 Å². The van der Waals surface area contributed by atoms with Crippen molar-refractivity contribution in [2.75, 3.05) is 10.0 Å². The van der Waals surface area contributed by atoms with Gasteiger partial charge in [0.1, 0.15) is 5.75 Å². The smallest absolute Gasteiger partial charge is 0.265 e. The number of sulfonamides is 1. The van der Waals surface area contributed by atoms with E-state index >= 15 is 0 Å². The zero-order valence-corrected chi connectivity index (χ0v) is 18.8. The lowest BCUT2D eigenvalue weighted by molar-refractivity contribution is -0.122. The van der Waals surface area contributed by atoms with Crippen LogP contribution in [0.4, 0.5) is 11.4 Å². The Morgan fingerprint density at radius 1 is 0.903 bits per heavy atom. The molecular weight excluding hydrogens is 412 g/mol. The number of carbonyl (C=O) groups is 1. The minimum Gasteiger partial charge on any atom is -0.481 e. The number of amides is 1. The Morgan fingerprint density at radius 2 is 1.58 bits per heavy atom. The second-order valence-corrected chi connectivity index (χ2v) is 9.20. The van der Waals surface area contributed by atoms with Crippen molar-refractivity contribution < 1.29 is 17.9 Å². The Hall–Kier alpha value is -3.32. The first-order valence-corrected chi connectivity index (χ1v) is 11.4. The van der Waals surface area contributed by atoms with Crippen molar-refractivity contribution in [1.29, 1.82) is 0 Å². The Bertz CT molecular complexity index is 1190. The van der Waals surface area contributed by atoms with E-state index in [4.69, 9.17) is 4.74 Å². The second kappa shape index (κ2) is 9.22. The largest absolute Gasteiger partial charge is 0.481 e. The molecule has 0 unspecified atom stereocenters. The third-order valence-corrected chi connectivity index (χ3v) is 6.12. The van der Waals surface area contributed by atoms with Crippen LogP contribution < -0.4 is 14.8 Å². The minimum absolute atomic E-state index is 0.107. The predicted molar refractivity (Wildman–Crippen MR) is 123 cm³/mol. The van der Waals surface area contributed by atoms with E-state index in [1.807, 2.05) is 51.1 Å². The van der Waals surface area contributed by atoms with Crippen LogP contribution in [0.3, 0.4) is 0 Å². The van der Waals surface area contributed by atoms with Crippen molar-refractivity contribution in [3.63, 3.8) is 0 Å². The molecule has 0 aliphatic rings. The SMILES string of the molecule is Cc1cccc(O[C@H](C)C(=O)Nc2ccc(S(=O)(=O)Nc3cc(C)ccc3C)cc2)c1. The number of benzene rings is 3. The monoisotopic (exact) mass is 438 g/mol. The van der Waals surface area contributed by atoms with E-state index in [0.29, 0.717) is 17.1 Å². The molecule has 0 heterocycles. The molecule has 1 atom stereocenters. The quantitative estimate of drug-likeness (QED) is 0.554. The molecule has 7 heteroatoms. The maximum Gasteiger partial charge on any atom is 0.265 e. The van der Waals surface area contributed by atoms with Crippen LogP contribution in [0.15, 0.2) is 71.6 Å². The van der Waals surface area contributed by atoms with Crippen LogP contribution >= 0.6 is 0 Å². The summed E-state index contributed by atoms with van der Waals surface area (Å²) in [6.07, 6.45) is -0.712. The number of anilines is 2. The highest BCUT2D eigenvalue weighted by Crippen LogP contribution is 2.22. The predicted octanol–water partition coefficient (Wildman–Crippen LogP) is 4.82. The molecule has 0 saturated heterocycles. The summed E-state index contributed by atoms with van der Waals surface area (Å²) in [5.74, 6) is 0.284. The van der Waals surface area contributed by atoms with Crippen molar-refractivity contribution >= 4 is 27.3 Å². The van der Waals surface area contributed by atoms with Crippen molar-refractivity contribution in [1.82, 2.24) is 0 Å². The summed E-state index contributed by atoms with van der Waals surface area (Å²) in [5, 5.41) is 2.74. The van der Waals surface area contributed by atoms with E-state index in [1.165, 1.54) is 12.1 Å². The lowest BCUT2D eigenvalue weighted by Gasteiger charge is -2.15. The van der Waals surface area contributed by atoms with Crippen molar-refractivity contribution in [3.8, 4) is 5.75 Å². The third kappa shape index (κ3) is 5.86. The van der Waals surface area contributed by atoms with Gasteiger partial charge in [0.05, 0.1) is 10.6 Å². The zero-order chi connectivity index (χ0) is 22.6. The summed E-state index contributed by atoms with van der Waals surface area (Å²) in [7, 11) is -3.75. The van der Waals surface area contributed by atoms with Gasteiger partial charge in [0.2, 0.25) is 0 Å². The van der Waals surface area contributed by atoms with Crippen LogP contribution in [0.5, 0.6) is 5.75 Å². The van der Waals surface area contributed by atoms with Crippen LogP contribution in [-0.4, -0.2) is 20.4 Å². The Balaban J connectivity index is 1.66. The summed E-state index contributed by atoms with van der Waals surface area (Å²) >= 11 is 0. The number of nitrogens with one attached hydrogen (secondary N) is 2. The fourth-order valence-electron chi connectivity index (χ4n) is 2.96. The highest BCUT2D eigenvalue weighted by Gasteiger charge is 2.18. The molecule has 0 aliphatic heterocycles. The zero-order valence-electron chi connectivity index (χ0n) is 18.0. The van der Waals surface area contributed by atoms with Gasteiger partial charge >= 0.3 is 0 Å². The van der Waals surface area contributed by atoms with Crippen molar-refractivity contribution in [2.45, 2.75) is 38.7 Å². The van der Waals surface area contributed by atoms with Gasteiger partial charge in [-0.15, -0.1) is 0 Å². The normalized spacial score (nSPS) is 12.1. The summed E-state index contributed by atoms with van der Waals surface area (Å²) < 4.78 is 33.7. The minimum atomic E-state index is -3.75. The molecule has 0 fully saturated rings. The van der Waals surface area contributed by atoms with Gasteiger partial charge in [-0.25, -0.2) is 8.42 Å². The third-order valence-electron chi connectivity index (χ3n) is 4.74. The molecule has 1 amide bonds. The first-order valence-electron chi connectivity index (χ1n) is 9.88. The van der Waals surface area contributed by atoms with Crippen LogP contribution in [0.1, 0.15) is 23.6 Å². The van der Waals surface area contributed by atoms with E-state index in [2.05, 4.69) is 10.0 Å². The van der Waals surface area contributed by atoms with Gasteiger partial charge < -0.3 is 10.1 Å². The van der Waals surface area contributed by atoms with Gasteiger partial charge in [0.25, 0.3) is 15.9 Å². The van der Waals surface area contributed by atoms with Gasteiger partial charge in [0.15, 0.2) is 6.10 Å². The molecule has 0 saturated carbocycles. The Kier molecular flexibility index (Phi) is 6.65. The number of hydrogen-bond acceptors (Lipinski definition) is 4. The number of carbonyl (C=O) groups excluding carboxylic acids is 1. The number of aryl methyl sites for hydroxylation is 3. The lowest BCUT2D eigenvalue weighted by atomic mass is 10.1. The number of rotatable bonds is 7. The number of hydrogen-bond donors (Lipinski definition) is 2. The van der Waals surface area contributed by atoms with E-state index in [9.17, 15) is 13.2 Å². The van der Waals surface area contributed by atoms with Gasteiger partial charge in [-0.3, -0.25) is 9.52 Å². The van der Waals surface area contributed by atoms with Crippen LogP contribution in [0.25, 0.3) is 0 Å². The molecule has 0 aliphatic carbocycles. The summed E-state index contributed by atoms with van der Waals surface area (Å²) in [4.78, 5) is 12.5. The van der Waals surface area contributed by atoms with E-state index < -0.39 is 16.1 Å². The van der Waals surface area contributed by atoms with Crippen molar-refractivity contribution in [2.24, 2.45) is 0 Å². The molecule has 6 nitrogen and oxygen atoms in total. The second-order valence-electron chi connectivity index (χ2n) is 7.51. The highest BCUT2D eigenvalue weighted by molar-refractivity contribution is 7.92. The van der Waals surface area contributed by atoms with Gasteiger partial charge in [-0.1, -0.05) is 24.3 Å². The molecule has 3 rings (SSSR count). The average molecular weight is 439 g/mol. The first-order chi connectivity index (χ1) is 14.6. The molecule has 0 radical (unpaired) electrons. The van der Waals surface area contributed by atoms with Crippen molar-refractivity contribution in [3.05, 3.63) is 83.4 Å². The highest BCUT2D eigenvalue weighted by atomic mass is 32.2. The molecule has 3 aromatic rings. The van der Waals surface area contributed by atoms with E-state index in [0.717, 1.165) is 16.7 Å². The Morgan fingerprint density at radius 3 is 2.26 bits per heavy atom. The molecule has 162 valence electrons. The fourth-order valence-corrected chi connectivity index (χ4v) is 4.08. The van der Waals surface area contributed by atoms with E-state index in [1.54, 1.807) is 31.2 Å². The molecule has 0 bridgehead atoms. The topological polar surface area (TPSA) is 84.5 Å². The number of ether oxygens (including phenoxy) is 1. The maximum atomic E-state index is 12.7. The van der Waals surface area contributed by atoms with Crippen LogP contribution in [0.2, 0.25) is 0 Å².